The second-order valence-electron chi connectivity index (χ2n) is 4.00. The minimum Gasteiger partial charge on any atom is -0.338 e. The molecular formula is C13H14BrIN2O. The number of rotatable bonds is 4. The van der Waals surface area contributed by atoms with Gasteiger partial charge in [0.15, 0.2) is 0 Å². The van der Waals surface area contributed by atoms with Crippen LogP contribution < -0.4 is 0 Å². The third kappa shape index (κ3) is 3.95. The molecule has 0 N–H and O–H groups in total. The van der Waals surface area contributed by atoms with Crippen molar-refractivity contribution < 1.29 is 4.79 Å². The summed E-state index contributed by atoms with van der Waals surface area (Å²) in [6.45, 7) is 4.80. The van der Waals surface area contributed by atoms with Crippen LogP contribution in [0.1, 0.15) is 24.2 Å². The van der Waals surface area contributed by atoms with Crippen molar-refractivity contribution >= 4 is 44.4 Å². The summed E-state index contributed by atoms with van der Waals surface area (Å²) in [6, 6.07) is 7.82. The SMILES string of the molecule is CCN(CC(C)C#N)C(=O)c1cc(I)ccc1Br. The molecule has 0 aliphatic carbocycles. The van der Waals surface area contributed by atoms with Crippen molar-refractivity contribution in [3.63, 3.8) is 0 Å². The molecule has 3 nitrogen and oxygen atoms in total. The van der Waals surface area contributed by atoms with Crippen molar-refractivity contribution in [3.05, 3.63) is 31.8 Å². The fourth-order valence-corrected chi connectivity index (χ4v) is 2.47. The first-order valence-electron chi connectivity index (χ1n) is 5.63. The molecule has 0 saturated heterocycles. The first-order chi connectivity index (χ1) is 8.49. The topological polar surface area (TPSA) is 44.1 Å². The third-order valence-electron chi connectivity index (χ3n) is 2.54. The number of hydrogen-bond donors (Lipinski definition) is 0. The van der Waals surface area contributed by atoms with E-state index in [4.69, 9.17) is 5.26 Å². The lowest BCUT2D eigenvalue weighted by atomic mass is 10.1. The van der Waals surface area contributed by atoms with Gasteiger partial charge in [0, 0.05) is 21.1 Å². The Morgan fingerprint density at radius 3 is 2.83 bits per heavy atom. The van der Waals surface area contributed by atoms with Gasteiger partial charge < -0.3 is 4.90 Å². The summed E-state index contributed by atoms with van der Waals surface area (Å²) < 4.78 is 1.81. The van der Waals surface area contributed by atoms with Crippen LogP contribution in [0, 0.1) is 20.8 Å². The van der Waals surface area contributed by atoms with Gasteiger partial charge in [-0.1, -0.05) is 0 Å². The lowest BCUT2D eigenvalue weighted by molar-refractivity contribution is 0.0751. The lowest BCUT2D eigenvalue weighted by Gasteiger charge is -2.22. The Hall–Kier alpha value is -0.610. The van der Waals surface area contributed by atoms with Crippen molar-refractivity contribution in [1.82, 2.24) is 4.90 Å². The first kappa shape index (κ1) is 15.4. The Kier molecular flexibility index (Phi) is 6.09. The molecule has 1 aromatic rings. The Bertz CT molecular complexity index is 484. The Balaban J connectivity index is 2.97. The van der Waals surface area contributed by atoms with E-state index < -0.39 is 0 Å². The summed E-state index contributed by atoms with van der Waals surface area (Å²) in [6.07, 6.45) is 0. The molecule has 1 amide bonds. The Labute approximate surface area is 129 Å². The number of carbonyl (C=O) groups is 1. The van der Waals surface area contributed by atoms with Crippen molar-refractivity contribution in [2.24, 2.45) is 5.92 Å². The molecule has 0 aromatic heterocycles. The van der Waals surface area contributed by atoms with Gasteiger partial charge in [0.1, 0.15) is 0 Å². The fourth-order valence-electron chi connectivity index (χ4n) is 1.56. The second-order valence-corrected chi connectivity index (χ2v) is 6.10. The maximum absolute atomic E-state index is 12.4. The Morgan fingerprint density at radius 1 is 1.61 bits per heavy atom. The van der Waals surface area contributed by atoms with E-state index in [1.165, 1.54) is 0 Å². The molecule has 0 aliphatic rings. The van der Waals surface area contributed by atoms with Crippen LogP contribution in [0.4, 0.5) is 0 Å². The number of amides is 1. The first-order valence-corrected chi connectivity index (χ1v) is 7.50. The maximum atomic E-state index is 12.4. The van der Waals surface area contributed by atoms with E-state index in [9.17, 15) is 4.79 Å². The van der Waals surface area contributed by atoms with E-state index in [2.05, 4.69) is 44.6 Å². The molecule has 1 atom stereocenters. The molecule has 18 heavy (non-hydrogen) atoms. The summed E-state index contributed by atoms with van der Waals surface area (Å²) in [7, 11) is 0. The van der Waals surface area contributed by atoms with Gasteiger partial charge >= 0.3 is 0 Å². The van der Waals surface area contributed by atoms with E-state index in [-0.39, 0.29) is 11.8 Å². The number of benzene rings is 1. The molecule has 0 fully saturated rings. The van der Waals surface area contributed by atoms with Crippen LogP contribution in [0.3, 0.4) is 0 Å². The van der Waals surface area contributed by atoms with Gasteiger partial charge in [0.05, 0.1) is 17.6 Å². The molecule has 1 rings (SSSR count). The molecule has 1 unspecified atom stereocenters. The van der Waals surface area contributed by atoms with Crippen LogP contribution >= 0.6 is 38.5 Å². The number of carbonyl (C=O) groups excluding carboxylic acids is 1. The van der Waals surface area contributed by atoms with Crippen molar-refractivity contribution in [2.45, 2.75) is 13.8 Å². The fraction of sp³-hybridized carbons (Fsp3) is 0.385. The molecule has 96 valence electrons. The average molecular weight is 421 g/mol. The normalized spacial score (nSPS) is 11.7. The van der Waals surface area contributed by atoms with Gasteiger partial charge in [0.2, 0.25) is 0 Å². The molecular weight excluding hydrogens is 407 g/mol. The predicted molar refractivity (Wildman–Crippen MR) is 83.2 cm³/mol. The summed E-state index contributed by atoms with van der Waals surface area (Å²) in [5.74, 6) is -0.194. The van der Waals surface area contributed by atoms with Crippen LogP contribution in [-0.2, 0) is 0 Å². The highest BCUT2D eigenvalue weighted by Crippen LogP contribution is 2.21. The summed E-state index contributed by atoms with van der Waals surface area (Å²) in [5, 5.41) is 8.83. The minimum absolute atomic E-state index is 0.0370. The average Bonchev–Trinajstić information content (AvgIpc) is 2.37. The van der Waals surface area contributed by atoms with E-state index in [0.29, 0.717) is 18.7 Å². The minimum atomic E-state index is -0.157. The molecule has 0 saturated carbocycles. The van der Waals surface area contributed by atoms with Crippen LogP contribution in [-0.4, -0.2) is 23.9 Å². The Morgan fingerprint density at radius 2 is 2.28 bits per heavy atom. The number of halogens is 2. The number of hydrogen-bond acceptors (Lipinski definition) is 2. The van der Waals surface area contributed by atoms with Crippen molar-refractivity contribution in [1.29, 1.82) is 5.26 Å². The van der Waals surface area contributed by atoms with Gasteiger partial charge in [0.25, 0.3) is 5.91 Å². The van der Waals surface area contributed by atoms with Gasteiger partial charge in [-0.2, -0.15) is 5.26 Å². The highest BCUT2D eigenvalue weighted by atomic mass is 127. The summed E-state index contributed by atoms with van der Waals surface area (Å²) >= 11 is 5.58. The monoisotopic (exact) mass is 420 g/mol. The number of nitrogens with zero attached hydrogens (tertiary/aromatic N) is 2. The quantitative estimate of drug-likeness (QED) is 0.697. The lowest BCUT2D eigenvalue weighted by Crippen LogP contribution is -2.34. The maximum Gasteiger partial charge on any atom is 0.255 e. The zero-order valence-electron chi connectivity index (χ0n) is 10.3. The van der Waals surface area contributed by atoms with Crippen LogP contribution in [0.25, 0.3) is 0 Å². The van der Waals surface area contributed by atoms with Crippen LogP contribution in [0.5, 0.6) is 0 Å². The smallest absolute Gasteiger partial charge is 0.255 e. The highest BCUT2D eigenvalue weighted by Gasteiger charge is 2.19. The highest BCUT2D eigenvalue weighted by molar-refractivity contribution is 14.1. The zero-order chi connectivity index (χ0) is 13.7. The summed E-state index contributed by atoms with van der Waals surface area (Å²) in [4.78, 5) is 14.1. The molecule has 0 bridgehead atoms. The molecule has 0 aliphatic heterocycles. The van der Waals surface area contributed by atoms with Crippen molar-refractivity contribution in [3.8, 4) is 6.07 Å². The van der Waals surface area contributed by atoms with Gasteiger partial charge in [-0.05, 0) is 70.6 Å². The van der Waals surface area contributed by atoms with Gasteiger partial charge in [-0.3, -0.25) is 4.79 Å². The molecule has 0 radical (unpaired) electrons. The van der Waals surface area contributed by atoms with Gasteiger partial charge in [-0.25, -0.2) is 0 Å². The third-order valence-corrected chi connectivity index (χ3v) is 3.90. The van der Waals surface area contributed by atoms with E-state index in [1.807, 2.05) is 32.0 Å². The van der Waals surface area contributed by atoms with Crippen LogP contribution in [0.15, 0.2) is 22.7 Å². The zero-order valence-corrected chi connectivity index (χ0v) is 14.0. The largest absolute Gasteiger partial charge is 0.338 e. The molecule has 0 spiro atoms. The van der Waals surface area contributed by atoms with E-state index in [1.54, 1.807) is 4.90 Å². The summed E-state index contributed by atoms with van der Waals surface area (Å²) in [5.41, 5.74) is 0.647. The number of nitriles is 1. The standard InChI is InChI=1S/C13H14BrIN2O/c1-3-17(8-9(2)7-16)13(18)11-6-10(15)4-5-12(11)14/h4-6,9H,3,8H2,1-2H3. The van der Waals surface area contributed by atoms with Crippen LogP contribution in [0.2, 0.25) is 0 Å². The van der Waals surface area contributed by atoms with E-state index >= 15 is 0 Å². The van der Waals surface area contributed by atoms with E-state index in [0.717, 1.165) is 8.04 Å². The molecule has 0 heterocycles. The van der Waals surface area contributed by atoms with Gasteiger partial charge in [-0.15, -0.1) is 0 Å². The predicted octanol–water partition coefficient (Wildman–Crippen LogP) is 3.68. The second kappa shape index (κ2) is 7.10. The molecule has 5 heteroatoms. The van der Waals surface area contributed by atoms with Crippen molar-refractivity contribution in [2.75, 3.05) is 13.1 Å². The molecule has 1 aromatic carbocycles.